The summed E-state index contributed by atoms with van der Waals surface area (Å²) in [6.45, 7) is 0. The van der Waals surface area contributed by atoms with Gasteiger partial charge in [0.05, 0.1) is 0 Å². The van der Waals surface area contributed by atoms with Gasteiger partial charge in [-0.1, -0.05) is 0 Å². The maximum Gasteiger partial charge on any atom is 0.269 e. The van der Waals surface area contributed by atoms with Crippen molar-refractivity contribution >= 4 is 28.1 Å². The van der Waals surface area contributed by atoms with Gasteiger partial charge in [0, 0.05) is 0 Å². The standard InChI is InChI=1S/C4H3BrN2O2S/c5-1-2(8)6-4(10)7-3(1)9/h(H3,6,7,8,9,10). The molecule has 0 radical (unpaired) electrons. The molecule has 0 spiro atoms. The smallest absolute Gasteiger partial charge is 0.269 e. The molecular formula is C4H3BrN2O2S. The van der Waals surface area contributed by atoms with Crippen molar-refractivity contribution in [2.24, 2.45) is 0 Å². The van der Waals surface area contributed by atoms with Gasteiger partial charge in [0.25, 0.3) is 5.56 Å². The highest BCUT2D eigenvalue weighted by Crippen LogP contribution is 2.13. The van der Waals surface area contributed by atoms with Gasteiger partial charge in [0.15, 0.2) is 4.77 Å². The molecule has 6 heteroatoms. The van der Waals surface area contributed by atoms with Crippen LogP contribution in [-0.2, 0) is 0 Å². The zero-order chi connectivity index (χ0) is 7.72. The fourth-order valence-electron chi connectivity index (χ4n) is 0.459. The highest BCUT2D eigenvalue weighted by Gasteiger charge is 2.00. The molecule has 1 aromatic rings. The Morgan fingerprint density at radius 2 is 2.10 bits per heavy atom. The summed E-state index contributed by atoms with van der Waals surface area (Å²) in [7, 11) is 0. The number of aromatic hydroxyl groups is 1. The van der Waals surface area contributed by atoms with E-state index in [2.05, 4.69) is 38.1 Å². The lowest BCUT2D eigenvalue weighted by molar-refractivity contribution is 0.446. The van der Waals surface area contributed by atoms with Crippen LogP contribution in [0.5, 0.6) is 5.88 Å². The van der Waals surface area contributed by atoms with Crippen molar-refractivity contribution in [3.8, 4) is 5.88 Å². The highest BCUT2D eigenvalue weighted by molar-refractivity contribution is 9.10. The molecule has 0 fully saturated rings. The summed E-state index contributed by atoms with van der Waals surface area (Å²) < 4.78 is 0.159. The van der Waals surface area contributed by atoms with E-state index in [1.54, 1.807) is 0 Å². The summed E-state index contributed by atoms with van der Waals surface area (Å²) in [5.41, 5.74) is -0.443. The molecule has 0 bridgehead atoms. The van der Waals surface area contributed by atoms with Crippen LogP contribution < -0.4 is 5.56 Å². The van der Waals surface area contributed by atoms with Crippen molar-refractivity contribution in [3.05, 3.63) is 19.6 Å². The van der Waals surface area contributed by atoms with E-state index in [-0.39, 0.29) is 15.1 Å². The van der Waals surface area contributed by atoms with Gasteiger partial charge >= 0.3 is 0 Å². The van der Waals surface area contributed by atoms with Crippen molar-refractivity contribution in [3.63, 3.8) is 0 Å². The van der Waals surface area contributed by atoms with Crippen molar-refractivity contribution < 1.29 is 5.11 Å². The molecule has 0 aromatic carbocycles. The summed E-state index contributed by atoms with van der Waals surface area (Å²) in [4.78, 5) is 15.3. The first-order valence-electron chi connectivity index (χ1n) is 2.32. The van der Waals surface area contributed by atoms with Crippen LogP contribution in [0.15, 0.2) is 9.27 Å². The molecule has 0 atom stereocenters. The van der Waals surface area contributed by atoms with E-state index in [1.165, 1.54) is 0 Å². The van der Waals surface area contributed by atoms with Crippen LogP contribution in [0, 0.1) is 4.77 Å². The van der Waals surface area contributed by atoms with Crippen molar-refractivity contribution in [2.45, 2.75) is 0 Å². The minimum Gasteiger partial charge on any atom is -0.494 e. The molecule has 0 amide bonds. The van der Waals surface area contributed by atoms with E-state index >= 15 is 0 Å². The van der Waals surface area contributed by atoms with E-state index in [0.717, 1.165) is 0 Å². The molecule has 3 N–H and O–H groups in total. The predicted molar refractivity (Wildman–Crippen MR) is 41.6 cm³/mol. The van der Waals surface area contributed by atoms with Gasteiger partial charge in [0.1, 0.15) is 4.47 Å². The third-order valence-electron chi connectivity index (χ3n) is 0.866. The fourth-order valence-corrected chi connectivity index (χ4v) is 0.847. The van der Waals surface area contributed by atoms with Crippen LogP contribution in [0.25, 0.3) is 0 Å². The van der Waals surface area contributed by atoms with Crippen LogP contribution in [0.4, 0.5) is 0 Å². The van der Waals surface area contributed by atoms with Gasteiger partial charge in [-0.3, -0.25) is 9.78 Å². The lowest BCUT2D eigenvalue weighted by atomic mass is 10.6. The van der Waals surface area contributed by atoms with Gasteiger partial charge in [0.2, 0.25) is 5.88 Å². The number of aromatic amines is 2. The van der Waals surface area contributed by atoms with Crippen LogP contribution in [0.3, 0.4) is 0 Å². The van der Waals surface area contributed by atoms with Gasteiger partial charge < -0.3 is 10.1 Å². The maximum atomic E-state index is 10.7. The Balaban J connectivity index is 3.62. The third-order valence-corrected chi connectivity index (χ3v) is 1.81. The van der Waals surface area contributed by atoms with E-state index in [1.807, 2.05) is 0 Å². The Kier molecular flexibility index (Phi) is 1.91. The monoisotopic (exact) mass is 222 g/mol. The molecule has 10 heavy (non-hydrogen) atoms. The van der Waals surface area contributed by atoms with Crippen LogP contribution >= 0.6 is 28.1 Å². The largest absolute Gasteiger partial charge is 0.494 e. The average molecular weight is 223 g/mol. The molecule has 0 unspecified atom stereocenters. The van der Waals surface area contributed by atoms with Crippen LogP contribution in [0.1, 0.15) is 0 Å². The van der Waals surface area contributed by atoms with Gasteiger partial charge in [-0.25, -0.2) is 0 Å². The fraction of sp³-hybridized carbons (Fsp3) is 0. The molecule has 1 heterocycles. The number of aromatic nitrogens is 2. The highest BCUT2D eigenvalue weighted by atomic mass is 79.9. The van der Waals surface area contributed by atoms with Crippen molar-refractivity contribution in [2.75, 3.05) is 0 Å². The molecule has 1 aromatic heterocycles. The number of rotatable bonds is 0. The lowest BCUT2D eigenvalue weighted by Gasteiger charge is -1.92. The summed E-state index contributed by atoms with van der Waals surface area (Å²) in [6.07, 6.45) is 0. The van der Waals surface area contributed by atoms with Crippen molar-refractivity contribution in [1.29, 1.82) is 0 Å². The second-order valence-electron chi connectivity index (χ2n) is 1.57. The topological polar surface area (TPSA) is 68.9 Å². The predicted octanol–water partition coefficient (Wildman–Crippen LogP) is 0.901. The van der Waals surface area contributed by atoms with Gasteiger partial charge in [-0.15, -0.1) is 0 Å². The Morgan fingerprint density at radius 1 is 1.50 bits per heavy atom. The Bertz CT molecular complexity index is 355. The van der Waals surface area contributed by atoms with Crippen molar-refractivity contribution in [1.82, 2.24) is 9.97 Å². The Labute approximate surface area is 69.1 Å². The summed E-state index contributed by atoms with van der Waals surface area (Å²) in [5, 5.41) is 8.89. The first-order chi connectivity index (χ1) is 4.61. The number of halogens is 1. The van der Waals surface area contributed by atoms with E-state index in [9.17, 15) is 4.79 Å². The SMILES string of the molecule is O=c1[nH]c(=S)[nH]c(O)c1Br. The first kappa shape index (κ1) is 7.49. The van der Waals surface area contributed by atoms with E-state index < -0.39 is 5.56 Å². The molecular weight excluding hydrogens is 220 g/mol. The second-order valence-corrected chi connectivity index (χ2v) is 2.77. The zero-order valence-corrected chi connectivity index (χ0v) is 7.04. The van der Waals surface area contributed by atoms with E-state index in [0.29, 0.717) is 0 Å². The molecule has 0 saturated carbocycles. The lowest BCUT2D eigenvalue weighted by Crippen LogP contribution is -2.07. The van der Waals surface area contributed by atoms with Gasteiger partial charge in [-0.05, 0) is 28.1 Å². The Morgan fingerprint density at radius 3 is 2.60 bits per heavy atom. The van der Waals surface area contributed by atoms with E-state index in [4.69, 9.17) is 5.11 Å². The molecule has 0 saturated heterocycles. The van der Waals surface area contributed by atoms with Crippen LogP contribution in [0.2, 0.25) is 0 Å². The minimum absolute atomic E-state index is 0.0566. The average Bonchev–Trinajstić information content (AvgIpc) is 1.82. The number of nitrogens with one attached hydrogen (secondary N) is 2. The number of hydrogen-bond donors (Lipinski definition) is 3. The zero-order valence-electron chi connectivity index (χ0n) is 4.64. The summed E-state index contributed by atoms with van der Waals surface area (Å²) in [5.74, 6) is -0.256. The van der Waals surface area contributed by atoms with Crippen LogP contribution in [-0.4, -0.2) is 15.1 Å². The second kappa shape index (κ2) is 2.55. The normalized spacial score (nSPS) is 9.70. The molecule has 1 rings (SSSR count). The number of H-pyrrole nitrogens is 2. The minimum atomic E-state index is -0.443. The molecule has 0 aliphatic rings. The summed E-state index contributed by atoms with van der Waals surface area (Å²) >= 11 is 7.40. The molecule has 0 aliphatic carbocycles. The third kappa shape index (κ3) is 1.27. The molecule has 54 valence electrons. The molecule has 0 aliphatic heterocycles. The maximum absolute atomic E-state index is 10.7. The van der Waals surface area contributed by atoms with Gasteiger partial charge in [-0.2, -0.15) is 0 Å². The summed E-state index contributed by atoms with van der Waals surface area (Å²) in [6, 6.07) is 0. The number of hydrogen-bond acceptors (Lipinski definition) is 3. The quantitative estimate of drug-likeness (QED) is 0.572. The first-order valence-corrected chi connectivity index (χ1v) is 3.52. The molecule has 4 nitrogen and oxygen atoms in total. The Hall–Kier alpha value is -0.620.